The Morgan fingerprint density at radius 3 is 2.30 bits per heavy atom. The molecule has 0 saturated carbocycles. The van der Waals surface area contributed by atoms with E-state index in [2.05, 4.69) is 113 Å². The van der Waals surface area contributed by atoms with Gasteiger partial charge in [0.05, 0.1) is 18.1 Å². The van der Waals surface area contributed by atoms with Gasteiger partial charge in [0, 0.05) is 49.3 Å². The fourth-order valence-electron chi connectivity index (χ4n) is 6.45. The summed E-state index contributed by atoms with van der Waals surface area (Å²) in [5.41, 5.74) is 8.46. The van der Waals surface area contributed by atoms with E-state index in [1.54, 1.807) is 18.5 Å². The predicted octanol–water partition coefficient (Wildman–Crippen LogP) is 6.40. The lowest BCUT2D eigenvalue weighted by Gasteiger charge is -2.38. The first-order valence-electron chi connectivity index (χ1n) is 16.0. The molecule has 0 unspecified atom stereocenters. The van der Waals surface area contributed by atoms with Crippen molar-refractivity contribution in [2.24, 2.45) is 0 Å². The van der Waals surface area contributed by atoms with Crippen LogP contribution >= 0.6 is 0 Å². The summed E-state index contributed by atoms with van der Waals surface area (Å²) in [6.07, 6.45) is 4.65. The number of aromatic nitrogens is 4. The highest BCUT2D eigenvalue weighted by Gasteiger charge is 2.41. The van der Waals surface area contributed by atoms with Gasteiger partial charge in [0.1, 0.15) is 19.7 Å². The summed E-state index contributed by atoms with van der Waals surface area (Å²) in [5, 5.41) is 9.66. The van der Waals surface area contributed by atoms with Gasteiger partial charge in [0.25, 0.3) is 0 Å². The minimum Gasteiger partial charge on any atom is -0.447 e. The number of hydrogen-bond donors (Lipinski definition) is 3. The standard InChI is InChI=1S/C34H45N9O2Si/c1-23(2)46(24(3)4,25(5)6)17-12-26-18-31(40-34(44)37-20-29-19-35-22-45-29)39-32-30(26)21-36-33(41-32)38-27-8-10-28(11-9-27)43-15-13-42(7)14-16-43/h8-11,18-19,21-25H,13-16,20H2,1-7H3,(H3,36,37,38,39,40,41,44). The Hall–Kier alpha value is -4.47. The SMILES string of the molecule is CC(C)[Si](C#Cc1cc(NC(=O)NCc2cnco2)nc2nc(Nc3ccc(N4CCN(C)CC4)cc3)ncc12)(C(C)C)C(C)C. The third kappa shape index (κ3) is 7.49. The lowest BCUT2D eigenvalue weighted by Crippen LogP contribution is -2.44. The third-order valence-electron chi connectivity index (χ3n) is 8.99. The molecule has 3 N–H and O–H groups in total. The number of hydrogen-bond acceptors (Lipinski definition) is 9. The molecule has 4 aromatic rings. The van der Waals surface area contributed by atoms with Crippen LogP contribution in [0.15, 0.2) is 53.5 Å². The molecule has 242 valence electrons. The number of rotatable bonds is 9. The van der Waals surface area contributed by atoms with E-state index < -0.39 is 14.1 Å². The molecule has 3 aromatic heterocycles. The van der Waals surface area contributed by atoms with E-state index in [0.717, 1.165) is 42.8 Å². The molecule has 0 atom stereocenters. The molecule has 0 aliphatic carbocycles. The van der Waals surface area contributed by atoms with Gasteiger partial charge in [-0.3, -0.25) is 5.32 Å². The summed E-state index contributed by atoms with van der Waals surface area (Å²) >= 11 is 0. The molecule has 4 heterocycles. The van der Waals surface area contributed by atoms with Gasteiger partial charge in [-0.1, -0.05) is 47.5 Å². The van der Waals surface area contributed by atoms with Crippen molar-refractivity contribution in [1.29, 1.82) is 0 Å². The molecule has 0 radical (unpaired) electrons. The van der Waals surface area contributed by atoms with E-state index in [4.69, 9.17) is 9.40 Å². The molecule has 0 spiro atoms. The molecular weight excluding hydrogens is 595 g/mol. The van der Waals surface area contributed by atoms with Crippen molar-refractivity contribution in [3.05, 3.63) is 60.4 Å². The van der Waals surface area contributed by atoms with Crippen LogP contribution in [0.4, 0.5) is 27.9 Å². The Morgan fingerprint density at radius 2 is 1.67 bits per heavy atom. The normalized spacial score (nSPS) is 14.1. The minimum absolute atomic E-state index is 0.196. The van der Waals surface area contributed by atoms with Crippen LogP contribution in [0.3, 0.4) is 0 Å². The molecule has 1 saturated heterocycles. The Labute approximate surface area is 272 Å². The second-order valence-corrected chi connectivity index (χ2v) is 18.5. The number of benzene rings is 1. The molecule has 46 heavy (non-hydrogen) atoms. The summed E-state index contributed by atoms with van der Waals surface area (Å²) in [4.78, 5) is 35.5. The van der Waals surface area contributed by atoms with Crippen LogP contribution < -0.4 is 20.9 Å². The van der Waals surface area contributed by atoms with Crippen LogP contribution in [0.25, 0.3) is 11.0 Å². The monoisotopic (exact) mass is 639 g/mol. The number of oxazole rings is 1. The van der Waals surface area contributed by atoms with Crippen molar-refractivity contribution in [3.63, 3.8) is 0 Å². The second-order valence-electron chi connectivity index (χ2n) is 12.9. The lowest BCUT2D eigenvalue weighted by molar-refractivity contribution is 0.250. The maximum atomic E-state index is 12.8. The number of anilines is 4. The Morgan fingerprint density at radius 1 is 0.978 bits per heavy atom. The number of carbonyl (C=O) groups excluding carboxylic acids is 1. The van der Waals surface area contributed by atoms with Crippen molar-refractivity contribution in [2.75, 3.05) is 48.8 Å². The lowest BCUT2D eigenvalue weighted by atomic mass is 10.2. The molecule has 1 aromatic carbocycles. The van der Waals surface area contributed by atoms with Crippen molar-refractivity contribution in [1.82, 2.24) is 30.2 Å². The topological polar surface area (TPSA) is 124 Å². The van der Waals surface area contributed by atoms with Gasteiger partial charge in [-0.25, -0.2) is 19.7 Å². The van der Waals surface area contributed by atoms with E-state index in [-0.39, 0.29) is 6.54 Å². The average molecular weight is 640 g/mol. The maximum absolute atomic E-state index is 12.8. The number of piperazine rings is 1. The highest BCUT2D eigenvalue weighted by Crippen LogP contribution is 2.41. The molecule has 12 heteroatoms. The summed E-state index contributed by atoms with van der Waals surface area (Å²) in [7, 11) is 0.127. The molecule has 1 aliphatic rings. The number of carbonyl (C=O) groups is 1. The van der Waals surface area contributed by atoms with Crippen LogP contribution in [-0.2, 0) is 6.54 Å². The van der Waals surface area contributed by atoms with Crippen LogP contribution in [0, 0.1) is 11.5 Å². The molecule has 2 amide bonds. The number of pyridine rings is 1. The van der Waals surface area contributed by atoms with Crippen LogP contribution in [-0.4, -0.2) is 72.2 Å². The van der Waals surface area contributed by atoms with Gasteiger partial charge < -0.3 is 24.9 Å². The number of urea groups is 1. The highest BCUT2D eigenvalue weighted by molar-refractivity contribution is 6.90. The van der Waals surface area contributed by atoms with Crippen molar-refractivity contribution in [3.8, 4) is 11.5 Å². The van der Waals surface area contributed by atoms with Crippen LogP contribution in [0.2, 0.25) is 16.6 Å². The predicted molar refractivity (Wildman–Crippen MR) is 187 cm³/mol. The number of nitrogens with zero attached hydrogens (tertiary/aromatic N) is 6. The zero-order valence-electron chi connectivity index (χ0n) is 27.9. The van der Waals surface area contributed by atoms with Gasteiger partial charge >= 0.3 is 6.03 Å². The van der Waals surface area contributed by atoms with Crippen molar-refractivity contribution in [2.45, 2.75) is 64.7 Å². The largest absolute Gasteiger partial charge is 0.447 e. The summed E-state index contributed by atoms with van der Waals surface area (Å²) in [6.45, 7) is 18.1. The number of fused-ring (bicyclic) bond motifs is 1. The zero-order chi connectivity index (χ0) is 32.8. The first-order valence-corrected chi connectivity index (χ1v) is 18.2. The van der Waals surface area contributed by atoms with E-state index in [0.29, 0.717) is 39.8 Å². The quantitative estimate of drug-likeness (QED) is 0.141. The van der Waals surface area contributed by atoms with E-state index in [1.165, 1.54) is 12.1 Å². The number of amides is 2. The number of nitrogens with one attached hydrogen (secondary N) is 3. The summed E-state index contributed by atoms with van der Waals surface area (Å²) in [6, 6.07) is 9.69. The van der Waals surface area contributed by atoms with Gasteiger partial charge in [-0.2, -0.15) is 4.98 Å². The first kappa shape index (κ1) is 32.9. The molecule has 1 fully saturated rings. The first-order chi connectivity index (χ1) is 22.0. The highest BCUT2D eigenvalue weighted by atomic mass is 28.3. The van der Waals surface area contributed by atoms with Gasteiger partial charge in [0.15, 0.2) is 12.0 Å². The number of likely N-dealkylation sites (N-methyl/N-ethyl adjacent to an activating group) is 1. The molecule has 0 bridgehead atoms. The summed E-state index contributed by atoms with van der Waals surface area (Å²) in [5.74, 6) is 4.82. The van der Waals surface area contributed by atoms with Crippen LogP contribution in [0.5, 0.6) is 0 Å². The molecule has 5 rings (SSSR count). The van der Waals surface area contributed by atoms with Gasteiger partial charge in [-0.05, 0) is 54.0 Å². The van der Waals surface area contributed by atoms with Gasteiger partial charge in [-0.15, -0.1) is 5.54 Å². The Kier molecular flexibility index (Phi) is 10.2. The fraction of sp³-hybridized carbons (Fsp3) is 0.441. The van der Waals surface area contributed by atoms with Crippen molar-refractivity contribution >= 4 is 48.3 Å². The molecule has 11 nitrogen and oxygen atoms in total. The third-order valence-corrected chi connectivity index (χ3v) is 15.3. The Balaban J connectivity index is 1.45. The smallest absolute Gasteiger partial charge is 0.320 e. The van der Waals surface area contributed by atoms with Gasteiger partial charge in [0.2, 0.25) is 5.95 Å². The fourth-order valence-corrected chi connectivity index (χ4v) is 11.7. The van der Waals surface area contributed by atoms with E-state index in [9.17, 15) is 4.79 Å². The molecular formula is C34H45N9O2Si. The molecule has 1 aliphatic heterocycles. The maximum Gasteiger partial charge on any atom is 0.320 e. The second kappa shape index (κ2) is 14.3. The average Bonchev–Trinajstić information content (AvgIpc) is 3.54. The zero-order valence-corrected chi connectivity index (χ0v) is 28.9. The van der Waals surface area contributed by atoms with Crippen molar-refractivity contribution < 1.29 is 9.21 Å². The summed E-state index contributed by atoms with van der Waals surface area (Å²) < 4.78 is 5.22. The van der Waals surface area contributed by atoms with E-state index in [1.807, 2.05) is 12.1 Å². The minimum atomic E-state index is -2.03. The Bertz CT molecular complexity index is 1670. The van der Waals surface area contributed by atoms with Crippen LogP contribution in [0.1, 0.15) is 52.9 Å². The van der Waals surface area contributed by atoms with E-state index >= 15 is 0 Å².